The van der Waals surface area contributed by atoms with Crippen molar-refractivity contribution in [3.05, 3.63) is 0 Å². The van der Waals surface area contributed by atoms with Crippen LogP contribution in [0.15, 0.2) is 0 Å². The molecule has 0 aromatic carbocycles. The van der Waals surface area contributed by atoms with Gasteiger partial charge in [-0.25, -0.2) is 0 Å². The maximum absolute atomic E-state index is 6.10. The second-order valence-corrected chi connectivity index (χ2v) is 4.62. The number of ether oxygens (including phenoxy) is 1. The molecule has 13 heavy (non-hydrogen) atoms. The predicted octanol–water partition coefficient (Wildman–Crippen LogP) is 0.635. The Morgan fingerprint density at radius 1 is 1.46 bits per heavy atom. The van der Waals surface area contributed by atoms with Crippen molar-refractivity contribution >= 4 is 0 Å². The van der Waals surface area contributed by atoms with Crippen LogP contribution in [0.4, 0.5) is 0 Å². The average molecular weight is 184 g/mol. The fourth-order valence-electron chi connectivity index (χ4n) is 2.08. The Morgan fingerprint density at radius 2 is 2.15 bits per heavy atom. The third-order valence-electron chi connectivity index (χ3n) is 3.52. The van der Waals surface area contributed by atoms with Crippen LogP contribution in [0.25, 0.3) is 0 Å². The molecule has 0 atom stereocenters. The zero-order valence-corrected chi connectivity index (χ0v) is 8.38. The normalized spacial score (nSPS) is 36.5. The van der Waals surface area contributed by atoms with Crippen LogP contribution < -0.4 is 11.1 Å². The van der Waals surface area contributed by atoms with E-state index in [1.807, 2.05) is 0 Å². The Morgan fingerprint density at radius 3 is 2.62 bits per heavy atom. The standard InChI is InChI=1S/C10H20N2O/c1-13-9-5-8(6-9)12-7-10(11)3-2-4-10/h8-9,12H,2-7,11H2,1H3. The van der Waals surface area contributed by atoms with Crippen molar-refractivity contribution in [2.45, 2.75) is 49.8 Å². The fraction of sp³-hybridized carbons (Fsp3) is 1.00. The molecule has 0 saturated heterocycles. The van der Waals surface area contributed by atoms with Crippen LogP contribution in [0.1, 0.15) is 32.1 Å². The summed E-state index contributed by atoms with van der Waals surface area (Å²) in [6.07, 6.45) is 6.51. The highest BCUT2D eigenvalue weighted by molar-refractivity contribution is 4.97. The van der Waals surface area contributed by atoms with Gasteiger partial charge in [-0.3, -0.25) is 0 Å². The Kier molecular flexibility index (Phi) is 2.58. The molecule has 0 heterocycles. The van der Waals surface area contributed by atoms with Gasteiger partial charge in [-0.15, -0.1) is 0 Å². The summed E-state index contributed by atoms with van der Waals surface area (Å²) in [5.41, 5.74) is 6.23. The zero-order valence-electron chi connectivity index (χ0n) is 8.38. The van der Waals surface area contributed by atoms with Crippen molar-refractivity contribution in [3.63, 3.8) is 0 Å². The molecule has 2 rings (SSSR count). The van der Waals surface area contributed by atoms with Crippen molar-refractivity contribution in [1.29, 1.82) is 0 Å². The lowest BCUT2D eigenvalue weighted by molar-refractivity contribution is 0.0145. The average Bonchev–Trinajstić information content (AvgIpc) is 1.99. The van der Waals surface area contributed by atoms with Crippen LogP contribution in [-0.4, -0.2) is 31.3 Å². The van der Waals surface area contributed by atoms with E-state index in [2.05, 4.69) is 5.32 Å². The maximum Gasteiger partial charge on any atom is 0.0601 e. The van der Waals surface area contributed by atoms with E-state index in [9.17, 15) is 0 Å². The van der Waals surface area contributed by atoms with Crippen molar-refractivity contribution in [2.24, 2.45) is 5.73 Å². The van der Waals surface area contributed by atoms with Gasteiger partial charge in [-0.1, -0.05) is 0 Å². The summed E-state index contributed by atoms with van der Waals surface area (Å²) < 4.78 is 5.22. The highest BCUT2D eigenvalue weighted by atomic mass is 16.5. The smallest absolute Gasteiger partial charge is 0.0601 e. The van der Waals surface area contributed by atoms with Gasteiger partial charge < -0.3 is 15.8 Å². The molecule has 76 valence electrons. The lowest BCUT2D eigenvalue weighted by Crippen LogP contribution is -2.58. The number of nitrogens with two attached hydrogens (primary N) is 1. The number of hydrogen-bond donors (Lipinski definition) is 2. The minimum Gasteiger partial charge on any atom is -0.381 e. The van der Waals surface area contributed by atoms with E-state index in [1.165, 1.54) is 19.3 Å². The van der Waals surface area contributed by atoms with Gasteiger partial charge in [-0.2, -0.15) is 0 Å². The van der Waals surface area contributed by atoms with Gasteiger partial charge in [0.25, 0.3) is 0 Å². The van der Waals surface area contributed by atoms with Crippen molar-refractivity contribution in [2.75, 3.05) is 13.7 Å². The molecular weight excluding hydrogens is 164 g/mol. The first-order chi connectivity index (χ1) is 6.22. The van der Waals surface area contributed by atoms with E-state index in [0.29, 0.717) is 12.1 Å². The molecule has 0 spiro atoms. The van der Waals surface area contributed by atoms with Crippen LogP contribution >= 0.6 is 0 Å². The molecule has 0 radical (unpaired) electrons. The molecule has 2 aliphatic rings. The third kappa shape index (κ3) is 2.03. The fourth-order valence-corrected chi connectivity index (χ4v) is 2.08. The number of methoxy groups -OCH3 is 1. The van der Waals surface area contributed by atoms with Gasteiger partial charge in [0, 0.05) is 25.2 Å². The van der Waals surface area contributed by atoms with Gasteiger partial charge >= 0.3 is 0 Å². The Labute approximate surface area is 80.0 Å². The van der Waals surface area contributed by atoms with Gasteiger partial charge in [0.15, 0.2) is 0 Å². The molecule has 0 bridgehead atoms. The van der Waals surface area contributed by atoms with Gasteiger partial charge in [0.1, 0.15) is 0 Å². The number of rotatable bonds is 4. The highest BCUT2D eigenvalue weighted by Gasteiger charge is 2.35. The topological polar surface area (TPSA) is 47.3 Å². The maximum atomic E-state index is 6.10. The van der Waals surface area contributed by atoms with Crippen LogP contribution in [0.5, 0.6) is 0 Å². The van der Waals surface area contributed by atoms with Crippen molar-refractivity contribution < 1.29 is 4.74 Å². The van der Waals surface area contributed by atoms with Crippen LogP contribution in [0, 0.1) is 0 Å². The molecule has 0 aromatic heterocycles. The Bertz CT molecular complexity index is 174. The molecule has 2 aliphatic carbocycles. The van der Waals surface area contributed by atoms with E-state index in [4.69, 9.17) is 10.5 Å². The van der Waals surface area contributed by atoms with Crippen molar-refractivity contribution in [3.8, 4) is 0 Å². The van der Waals surface area contributed by atoms with Crippen LogP contribution in [-0.2, 0) is 4.74 Å². The lowest BCUT2D eigenvalue weighted by atomic mass is 9.77. The molecular formula is C10H20N2O. The van der Waals surface area contributed by atoms with E-state index < -0.39 is 0 Å². The summed E-state index contributed by atoms with van der Waals surface area (Å²) in [5.74, 6) is 0. The SMILES string of the molecule is COC1CC(NCC2(N)CCC2)C1. The van der Waals surface area contributed by atoms with E-state index in [-0.39, 0.29) is 5.54 Å². The number of hydrogen-bond acceptors (Lipinski definition) is 3. The Balaban J connectivity index is 1.59. The summed E-state index contributed by atoms with van der Waals surface area (Å²) >= 11 is 0. The second kappa shape index (κ2) is 3.56. The van der Waals surface area contributed by atoms with E-state index in [1.54, 1.807) is 7.11 Å². The second-order valence-electron chi connectivity index (χ2n) is 4.62. The summed E-state index contributed by atoms with van der Waals surface area (Å²) in [6.45, 7) is 0.994. The third-order valence-corrected chi connectivity index (χ3v) is 3.52. The first-order valence-corrected chi connectivity index (χ1v) is 5.27. The lowest BCUT2D eigenvalue weighted by Gasteiger charge is -2.42. The first-order valence-electron chi connectivity index (χ1n) is 5.27. The highest BCUT2D eigenvalue weighted by Crippen LogP contribution is 2.29. The molecule has 2 fully saturated rings. The van der Waals surface area contributed by atoms with Gasteiger partial charge in [0.05, 0.1) is 6.10 Å². The summed E-state index contributed by atoms with van der Waals surface area (Å²) in [6, 6.07) is 0.658. The molecule has 2 saturated carbocycles. The molecule has 3 nitrogen and oxygen atoms in total. The van der Waals surface area contributed by atoms with Gasteiger partial charge in [-0.05, 0) is 32.1 Å². The van der Waals surface area contributed by atoms with Crippen LogP contribution in [0.2, 0.25) is 0 Å². The molecule has 0 aliphatic heterocycles. The molecule has 3 N–H and O–H groups in total. The first kappa shape index (κ1) is 9.44. The molecule has 3 heteroatoms. The number of nitrogens with one attached hydrogen (secondary N) is 1. The molecule has 0 aromatic rings. The quantitative estimate of drug-likeness (QED) is 0.674. The van der Waals surface area contributed by atoms with E-state index >= 15 is 0 Å². The van der Waals surface area contributed by atoms with Crippen molar-refractivity contribution in [1.82, 2.24) is 5.32 Å². The van der Waals surface area contributed by atoms with Gasteiger partial charge in [0.2, 0.25) is 0 Å². The Hall–Kier alpha value is -0.120. The summed E-state index contributed by atoms with van der Waals surface area (Å²) in [7, 11) is 1.79. The minimum absolute atomic E-state index is 0.123. The monoisotopic (exact) mass is 184 g/mol. The zero-order chi connectivity index (χ0) is 9.31. The van der Waals surface area contributed by atoms with Crippen LogP contribution in [0.3, 0.4) is 0 Å². The largest absolute Gasteiger partial charge is 0.381 e. The predicted molar refractivity (Wildman–Crippen MR) is 52.6 cm³/mol. The van der Waals surface area contributed by atoms with E-state index in [0.717, 1.165) is 19.4 Å². The summed E-state index contributed by atoms with van der Waals surface area (Å²) in [5, 5.41) is 3.52. The molecule has 0 unspecified atom stereocenters. The summed E-state index contributed by atoms with van der Waals surface area (Å²) in [4.78, 5) is 0. The molecule has 0 amide bonds. The minimum atomic E-state index is 0.123.